The number of sulfonamides is 1. The van der Waals surface area contributed by atoms with Gasteiger partial charge >= 0.3 is 0 Å². The van der Waals surface area contributed by atoms with Gasteiger partial charge in [-0.1, -0.05) is 25.0 Å². The maximum atomic E-state index is 11.3. The molecule has 0 amide bonds. The SMILES string of the molecule is CS(=O)(=O)Nc1cccc(C(O)CCCN2CCCCCC2)c1. The number of benzene rings is 1. The fourth-order valence-electron chi connectivity index (χ4n) is 3.06. The summed E-state index contributed by atoms with van der Waals surface area (Å²) in [5.41, 5.74) is 1.26. The topological polar surface area (TPSA) is 69.6 Å². The van der Waals surface area contributed by atoms with Crippen LogP contribution in [0.4, 0.5) is 5.69 Å². The Labute approximate surface area is 139 Å². The summed E-state index contributed by atoms with van der Waals surface area (Å²) in [6.07, 6.45) is 7.44. The largest absolute Gasteiger partial charge is 0.388 e. The van der Waals surface area contributed by atoms with Crippen molar-refractivity contribution in [1.29, 1.82) is 0 Å². The minimum Gasteiger partial charge on any atom is -0.388 e. The molecule has 0 aliphatic carbocycles. The molecule has 0 bridgehead atoms. The molecule has 1 aromatic rings. The van der Waals surface area contributed by atoms with Crippen molar-refractivity contribution in [2.75, 3.05) is 30.6 Å². The molecular formula is C17H28N2O3S. The van der Waals surface area contributed by atoms with E-state index in [1.165, 1.54) is 38.8 Å². The molecule has 0 radical (unpaired) electrons. The molecule has 1 aliphatic rings. The second-order valence-electron chi connectivity index (χ2n) is 6.41. The number of aliphatic hydroxyl groups excluding tert-OH is 1. The number of aliphatic hydroxyl groups is 1. The summed E-state index contributed by atoms with van der Waals surface area (Å²) in [6.45, 7) is 3.37. The maximum Gasteiger partial charge on any atom is 0.229 e. The summed E-state index contributed by atoms with van der Waals surface area (Å²) >= 11 is 0. The molecule has 6 heteroatoms. The Morgan fingerprint density at radius 1 is 1.22 bits per heavy atom. The predicted molar refractivity (Wildman–Crippen MR) is 94.0 cm³/mol. The van der Waals surface area contributed by atoms with Gasteiger partial charge in [0.1, 0.15) is 0 Å². The number of anilines is 1. The third kappa shape index (κ3) is 6.89. The lowest BCUT2D eigenvalue weighted by atomic mass is 10.0. The normalized spacial score (nSPS) is 18.3. The van der Waals surface area contributed by atoms with Gasteiger partial charge in [0, 0.05) is 5.69 Å². The molecule has 1 saturated heterocycles. The van der Waals surface area contributed by atoms with Crippen LogP contribution in [-0.2, 0) is 10.0 Å². The predicted octanol–water partition coefficient (Wildman–Crippen LogP) is 2.75. The monoisotopic (exact) mass is 340 g/mol. The Morgan fingerprint density at radius 2 is 1.91 bits per heavy atom. The average molecular weight is 340 g/mol. The summed E-state index contributed by atoms with van der Waals surface area (Å²) in [5.74, 6) is 0. The molecule has 23 heavy (non-hydrogen) atoms. The van der Waals surface area contributed by atoms with E-state index >= 15 is 0 Å². The van der Waals surface area contributed by atoms with Crippen LogP contribution in [0.1, 0.15) is 50.2 Å². The zero-order valence-electron chi connectivity index (χ0n) is 13.9. The van der Waals surface area contributed by atoms with Crippen molar-refractivity contribution in [2.45, 2.75) is 44.6 Å². The molecule has 1 aromatic carbocycles. The van der Waals surface area contributed by atoms with E-state index in [0.29, 0.717) is 12.1 Å². The summed E-state index contributed by atoms with van der Waals surface area (Å²) in [7, 11) is -3.29. The van der Waals surface area contributed by atoms with Crippen LogP contribution >= 0.6 is 0 Å². The van der Waals surface area contributed by atoms with Gasteiger partial charge in [0.05, 0.1) is 12.4 Å². The minimum atomic E-state index is -3.29. The van der Waals surface area contributed by atoms with Gasteiger partial charge in [0.25, 0.3) is 0 Å². The number of nitrogens with zero attached hydrogens (tertiary/aromatic N) is 1. The first-order valence-corrected chi connectivity index (χ1v) is 10.3. The summed E-state index contributed by atoms with van der Waals surface area (Å²) in [6, 6.07) is 7.00. The van der Waals surface area contributed by atoms with Crippen molar-refractivity contribution >= 4 is 15.7 Å². The van der Waals surface area contributed by atoms with E-state index < -0.39 is 16.1 Å². The minimum absolute atomic E-state index is 0.497. The number of hydrogen-bond acceptors (Lipinski definition) is 4. The second-order valence-corrected chi connectivity index (χ2v) is 8.16. The van der Waals surface area contributed by atoms with Crippen LogP contribution in [0.15, 0.2) is 24.3 Å². The Hall–Kier alpha value is -1.11. The van der Waals surface area contributed by atoms with Gasteiger partial charge in [-0.05, 0) is 63.0 Å². The van der Waals surface area contributed by atoms with Gasteiger partial charge in [-0.15, -0.1) is 0 Å². The molecular weight excluding hydrogens is 312 g/mol. The average Bonchev–Trinajstić information content (AvgIpc) is 2.74. The van der Waals surface area contributed by atoms with Crippen LogP contribution in [0.3, 0.4) is 0 Å². The highest BCUT2D eigenvalue weighted by Crippen LogP contribution is 2.22. The lowest BCUT2D eigenvalue weighted by Gasteiger charge is -2.20. The number of hydrogen-bond donors (Lipinski definition) is 2. The van der Waals surface area contributed by atoms with Gasteiger partial charge in [-0.2, -0.15) is 0 Å². The van der Waals surface area contributed by atoms with Crippen molar-refractivity contribution < 1.29 is 13.5 Å². The van der Waals surface area contributed by atoms with Gasteiger partial charge < -0.3 is 10.0 Å². The molecule has 1 unspecified atom stereocenters. The molecule has 0 saturated carbocycles. The lowest BCUT2D eigenvalue weighted by Crippen LogP contribution is -2.26. The number of likely N-dealkylation sites (tertiary alicyclic amines) is 1. The maximum absolute atomic E-state index is 11.3. The molecule has 1 heterocycles. The molecule has 130 valence electrons. The smallest absolute Gasteiger partial charge is 0.229 e. The summed E-state index contributed by atoms with van der Waals surface area (Å²) in [5, 5.41) is 10.3. The number of rotatable bonds is 7. The third-order valence-electron chi connectivity index (χ3n) is 4.23. The Balaban J connectivity index is 1.83. The molecule has 0 aromatic heterocycles. The van der Waals surface area contributed by atoms with E-state index in [2.05, 4.69) is 9.62 Å². The van der Waals surface area contributed by atoms with Crippen LogP contribution in [0.5, 0.6) is 0 Å². The van der Waals surface area contributed by atoms with Gasteiger partial charge in [-0.25, -0.2) is 8.42 Å². The fraction of sp³-hybridized carbons (Fsp3) is 0.647. The van der Waals surface area contributed by atoms with Crippen molar-refractivity contribution in [1.82, 2.24) is 4.90 Å². The molecule has 0 spiro atoms. The zero-order valence-corrected chi connectivity index (χ0v) is 14.7. The Bertz CT molecular complexity index is 581. The molecule has 5 nitrogen and oxygen atoms in total. The Morgan fingerprint density at radius 3 is 2.57 bits per heavy atom. The van der Waals surface area contributed by atoms with E-state index in [4.69, 9.17) is 0 Å². The van der Waals surface area contributed by atoms with Crippen LogP contribution in [0.25, 0.3) is 0 Å². The van der Waals surface area contributed by atoms with E-state index in [1.54, 1.807) is 18.2 Å². The molecule has 1 aliphatic heterocycles. The van der Waals surface area contributed by atoms with E-state index in [-0.39, 0.29) is 0 Å². The third-order valence-corrected chi connectivity index (χ3v) is 4.83. The summed E-state index contributed by atoms with van der Waals surface area (Å²) < 4.78 is 25.0. The first-order valence-electron chi connectivity index (χ1n) is 8.42. The Kier molecular flexibility index (Phi) is 6.87. The molecule has 2 N–H and O–H groups in total. The van der Waals surface area contributed by atoms with Crippen molar-refractivity contribution in [3.05, 3.63) is 29.8 Å². The highest BCUT2D eigenvalue weighted by molar-refractivity contribution is 7.92. The van der Waals surface area contributed by atoms with Crippen molar-refractivity contribution in [2.24, 2.45) is 0 Å². The highest BCUT2D eigenvalue weighted by atomic mass is 32.2. The second kappa shape index (κ2) is 8.66. The molecule has 1 fully saturated rings. The first kappa shape index (κ1) is 18.2. The highest BCUT2D eigenvalue weighted by Gasteiger charge is 2.12. The lowest BCUT2D eigenvalue weighted by molar-refractivity contribution is 0.156. The first-order chi connectivity index (χ1) is 10.9. The van der Waals surface area contributed by atoms with E-state index in [9.17, 15) is 13.5 Å². The number of nitrogens with one attached hydrogen (secondary N) is 1. The van der Waals surface area contributed by atoms with Gasteiger partial charge in [0.15, 0.2) is 0 Å². The van der Waals surface area contributed by atoms with Crippen molar-refractivity contribution in [3.8, 4) is 0 Å². The molecule has 2 rings (SSSR count). The van der Waals surface area contributed by atoms with Gasteiger partial charge in [-0.3, -0.25) is 4.72 Å². The summed E-state index contributed by atoms with van der Waals surface area (Å²) in [4.78, 5) is 2.49. The van der Waals surface area contributed by atoms with Crippen LogP contribution in [-0.4, -0.2) is 44.3 Å². The van der Waals surface area contributed by atoms with E-state index in [1.807, 2.05) is 6.07 Å². The van der Waals surface area contributed by atoms with Crippen LogP contribution in [0.2, 0.25) is 0 Å². The van der Waals surface area contributed by atoms with E-state index in [0.717, 1.165) is 24.8 Å². The quantitative estimate of drug-likeness (QED) is 0.801. The standard InChI is InChI=1S/C17H28N2O3S/c1-23(21,22)18-16-9-6-8-15(14-16)17(20)10-7-13-19-11-4-2-3-5-12-19/h6,8-9,14,17-18,20H,2-5,7,10-13H2,1H3. The van der Waals surface area contributed by atoms with Crippen LogP contribution in [0, 0.1) is 0 Å². The van der Waals surface area contributed by atoms with Crippen molar-refractivity contribution in [3.63, 3.8) is 0 Å². The zero-order chi connectivity index (χ0) is 16.7. The molecule has 1 atom stereocenters. The fourth-order valence-corrected chi connectivity index (χ4v) is 3.61. The van der Waals surface area contributed by atoms with Crippen LogP contribution < -0.4 is 4.72 Å². The van der Waals surface area contributed by atoms with Gasteiger partial charge in [0.2, 0.25) is 10.0 Å².